The third-order valence-electron chi connectivity index (χ3n) is 12.5. The summed E-state index contributed by atoms with van der Waals surface area (Å²) < 4.78 is 0. The molecule has 1 N–H and O–H groups in total. The number of allylic oxidation sites excluding steroid dienone is 7. The molecule has 0 amide bonds. The topological polar surface area (TPSA) is 15.3 Å². The predicted molar refractivity (Wildman–Crippen MR) is 282 cm³/mol. The quantitative estimate of drug-likeness (QED) is 0.105. The Hall–Kier alpha value is -7.59. The molecule has 2 atom stereocenters. The maximum Gasteiger partial charge on any atom is 0.0462 e. The number of nitrogens with zero attached hydrogens (tertiary/aromatic N) is 1. The van der Waals surface area contributed by atoms with Crippen LogP contribution in [-0.4, -0.2) is 6.26 Å². The lowest BCUT2D eigenvalue weighted by Crippen LogP contribution is -2.27. The average Bonchev–Trinajstić information content (AvgIpc) is 4.07. The fourth-order valence-electron chi connectivity index (χ4n) is 9.56. The fraction of sp³-hybridized carbons (Fsp3) is 0.0645. The van der Waals surface area contributed by atoms with Gasteiger partial charge in [-0.3, -0.25) is 0 Å². The van der Waals surface area contributed by atoms with Crippen LogP contribution in [0.1, 0.15) is 39.8 Å². The predicted octanol–water partition coefficient (Wildman–Crippen LogP) is 16.5. The summed E-state index contributed by atoms with van der Waals surface area (Å²) in [6, 6.07) is 79.6. The summed E-state index contributed by atoms with van der Waals surface area (Å²) in [6.07, 6.45) is 20.7. The lowest BCUT2D eigenvalue weighted by Gasteiger charge is -2.36. The first-order valence-corrected chi connectivity index (χ1v) is 23.1. The minimum atomic E-state index is -0.166. The first-order valence-electron chi connectivity index (χ1n) is 22.3. The lowest BCUT2D eigenvalue weighted by molar-refractivity contribution is 0.646. The monoisotopic (exact) mass is 856 g/mol. The van der Waals surface area contributed by atoms with Crippen molar-refractivity contribution in [3.63, 3.8) is 0 Å². The van der Waals surface area contributed by atoms with E-state index in [0.717, 1.165) is 34.9 Å². The number of para-hydroxylation sites is 3. The van der Waals surface area contributed by atoms with E-state index in [4.69, 9.17) is 0 Å². The second-order valence-electron chi connectivity index (χ2n) is 16.3. The van der Waals surface area contributed by atoms with E-state index >= 15 is 0 Å². The van der Waals surface area contributed by atoms with Crippen LogP contribution in [-0.2, 0) is 5.41 Å². The van der Waals surface area contributed by atoms with Crippen molar-refractivity contribution >= 4 is 58.8 Å². The third-order valence-corrected chi connectivity index (χ3v) is 12.5. The van der Waals surface area contributed by atoms with Crippen LogP contribution in [0.3, 0.4) is 0 Å². The summed E-state index contributed by atoms with van der Waals surface area (Å²) in [6.45, 7) is 0. The van der Waals surface area contributed by atoms with Gasteiger partial charge in [0.25, 0.3) is 0 Å². The second-order valence-corrected chi connectivity index (χ2v) is 16.3. The van der Waals surface area contributed by atoms with Crippen molar-refractivity contribution in [1.82, 2.24) is 0 Å². The first-order chi connectivity index (χ1) is 32.2. The van der Waals surface area contributed by atoms with Gasteiger partial charge in [-0.1, -0.05) is 206 Å². The second kappa shape index (κ2) is 19.8. The standard InChI is InChI=1S/C55H42N2.C6H6.CH4S/c1-5-17-41(18-6-1)19-13-14-20-42-28-37-51-50(39-42)53(43-29-35-49(36-30-43)57(47-23-9-3-10-24-47)48-25-11-4-12-26-48)52-27-15-16-38-54(52)40-55(51,54)44-31-33-46(34-32-44)56-45-21-7-2-8-22-45;1-2-4-6-5-3-1;1-2/h1-39,56H,40H2;1-6H;2H,1H3/b19-13+,20-14+;;. The first kappa shape index (κ1) is 42.7. The molecular weight excluding hydrogens is 805 g/mol. The van der Waals surface area contributed by atoms with Crippen LogP contribution in [0, 0.1) is 5.41 Å². The lowest BCUT2D eigenvalue weighted by atomic mass is 9.66. The van der Waals surface area contributed by atoms with Crippen LogP contribution in [0.5, 0.6) is 0 Å². The number of anilines is 5. The number of fused-ring (bicyclic) bond motifs is 2. The molecule has 3 heteroatoms. The molecule has 3 aliphatic rings. The SMILES string of the molecule is C1=CC2=C(c3ccc(N(c4ccccc4)c4ccccc4)cc3)c3cc(/C=C/C=C/c4ccccc4)ccc3C3(c4ccc(Nc5ccccc5)cc4)CC23C=C1.CS.c1ccccc1. The highest BCUT2D eigenvalue weighted by molar-refractivity contribution is 7.79. The van der Waals surface area contributed by atoms with Crippen LogP contribution >= 0.6 is 12.6 Å². The summed E-state index contributed by atoms with van der Waals surface area (Å²) >= 11 is 3.53. The van der Waals surface area contributed by atoms with Crippen molar-refractivity contribution in [2.75, 3.05) is 16.5 Å². The number of benzene rings is 8. The van der Waals surface area contributed by atoms with Crippen molar-refractivity contribution in [2.45, 2.75) is 11.8 Å². The fourth-order valence-corrected chi connectivity index (χ4v) is 9.56. The third kappa shape index (κ3) is 8.84. The summed E-state index contributed by atoms with van der Waals surface area (Å²) in [5.41, 5.74) is 15.6. The minimum absolute atomic E-state index is 0.132. The number of thiol groups is 1. The number of nitrogens with one attached hydrogen (secondary N) is 1. The summed E-state index contributed by atoms with van der Waals surface area (Å²) in [5, 5.41) is 3.59. The molecule has 0 aromatic heterocycles. The average molecular weight is 857 g/mol. The molecule has 0 aliphatic heterocycles. The van der Waals surface area contributed by atoms with Crippen LogP contribution in [0.25, 0.3) is 17.7 Å². The van der Waals surface area contributed by atoms with Gasteiger partial charge >= 0.3 is 0 Å². The number of hydrogen-bond donors (Lipinski definition) is 2. The molecule has 0 saturated heterocycles. The van der Waals surface area contributed by atoms with Gasteiger partial charge < -0.3 is 10.2 Å². The van der Waals surface area contributed by atoms with Gasteiger partial charge in [0.1, 0.15) is 0 Å². The molecule has 1 spiro atoms. The Morgan fingerprint density at radius 1 is 0.492 bits per heavy atom. The number of rotatable bonds is 10. The summed E-state index contributed by atoms with van der Waals surface area (Å²) in [5.74, 6) is 0. The van der Waals surface area contributed by atoms with E-state index in [1.165, 1.54) is 44.5 Å². The molecular formula is C62H52N2S. The Bertz CT molecular complexity index is 2890. The summed E-state index contributed by atoms with van der Waals surface area (Å²) in [7, 11) is 0. The maximum atomic E-state index is 3.59. The van der Waals surface area contributed by atoms with E-state index < -0.39 is 0 Å². The van der Waals surface area contributed by atoms with Gasteiger partial charge in [0.2, 0.25) is 0 Å². The van der Waals surface area contributed by atoms with Crippen molar-refractivity contribution in [3.05, 3.63) is 300 Å². The zero-order valence-corrected chi connectivity index (χ0v) is 37.5. The Morgan fingerprint density at radius 2 is 1.00 bits per heavy atom. The van der Waals surface area contributed by atoms with Crippen molar-refractivity contribution in [1.29, 1.82) is 0 Å². The normalized spacial score (nSPS) is 17.4. The molecule has 1 saturated carbocycles. The molecule has 3 aliphatic carbocycles. The number of hydrogen-bond acceptors (Lipinski definition) is 3. The Labute approximate surface area is 390 Å². The highest BCUT2D eigenvalue weighted by Gasteiger charge is 2.71. The van der Waals surface area contributed by atoms with Crippen molar-refractivity contribution in [2.24, 2.45) is 5.41 Å². The van der Waals surface area contributed by atoms with Gasteiger partial charge in [0.15, 0.2) is 0 Å². The molecule has 65 heavy (non-hydrogen) atoms. The van der Waals surface area contributed by atoms with E-state index in [1.54, 1.807) is 6.26 Å². The van der Waals surface area contributed by atoms with Crippen LogP contribution in [0.4, 0.5) is 28.4 Å². The van der Waals surface area contributed by atoms with E-state index in [1.807, 2.05) is 42.5 Å². The smallest absolute Gasteiger partial charge is 0.0462 e. The molecule has 2 nitrogen and oxygen atoms in total. The van der Waals surface area contributed by atoms with Crippen LogP contribution in [0.15, 0.2) is 266 Å². The minimum Gasteiger partial charge on any atom is -0.356 e. The molecule has 316 valence electrons. The molecule has 1 fully saturated rings. The Morgan fingerprint density at radius 3 is 1.60 bits per heavy atom. The van der Waals surface area contributed by atoms with Crippen LogP contribution in [0.2, 0.25) is 0 Å². The van der Waals surface area contributed by atoms with Gasteiger partial charge in [-0.15, -0.1) is 0 Å². The van der Waals surface area contributed by atoms with Gasteiger partial charge in [-0.2, -0.15) is 12.6 Å². The van der Waals surface area contributed by atoms with Gasteiger partial charge in [0.05, 0.1) is 0 Å². The van der Waals surface area contributed by atoms with Gasteiger partial charge in [-0.05, 0) is 124 Å². The molecule has 2 unspecified atom stereocenters. The molecule has 8 aromatic carbocycles. The molecule has 0 heterocycles. The zero-order chi connectivity index (χ0) is 44.3. The van der Waals surface area contributed by atoms with E-state index in [2.05, 4.69) is 253 Å². The molecule has 11 rings (SSSR count). The molecule has 8 aromatic rings. The Kier molecular flexibility index (Phi) is 13.0. The van der Waals surface area contributed by atoms with Crippen molar-refractivity contribution in [3.8, 4) is 0 Å². The highest BCUT2D eigenvalue weighted by atomic mass is 32.1. The Balaban J connectivity index is 0.000000611. The maximum absolute atomic E-state index is 3.59. The van der Waals surface area contributed by atoms with Gasteiger partial charge in [0, 0.05) is 39.3 Å². The largest absolute Gasteiger partial charge is 0.356 e. The summed E-state index contributed by atoms with van der Waals surface area (Å²) in [4.78, 5) is 2.33. The van der Waals surface area contributed by atoms with Crippen molar-refractivity contribution < 1.29 is 0 Å². The highest BCUT2D eigenvalue weighted by Crippen LogP contribution is 2.77. The van der Waals surface area contributed by atoms with E-state index in [-0.39, 0.29) is 10.8 Å². The van der Waals surface area contributed by atoms with Crippen LogP contribution < -0.4 is 10.2 Å². The van der Waals surface area contributed by atoms with E-state index in [9.17, 15) is 0 Å². The molecule has 0 radical (unpaired) electrons. The van der Waals surface area contributed by atoms with Gasteiger partial charge in [-0.25, -0.2) is 0 Å². The van der Waals surface area contributed by atoms with E-state index in [0.29, 0.717) is 0 Å². The molecule has 0 bridgehead atoms. The zero-order valence-electron chi connectivity index (χ0n) is 36.6.